The second-order valence-electron chi connectivity index (χ2n) is 4.02. The highest BCUT2D eigenvalue weighted by atomic mass is 14.1. The monoisotopic (exact) mass is 184 g/mol. The normalized spacial score (nSPS) is 20.6. The van der Waals surface area contributed by atoms with E-state index in [0.29, 0.717) is 5.92 Å². The molecule has 0 spiro atoms. The van der Waals surface area contributed by atoms with Crippen LogP contribution >= 0.6 is 0 Å². The van der Waals surface area contributed by atoms with Crippen molar-refractivity contribution < 1.29 is 0 Å². The van der Waals surface area contributed by atoms with E-state index in [9.17, 15) is 0 Å². The molecule has 1 aromatic rings. The summed E-state index contributed by atoms with van der Waals surface area (Å²) in [6, 6.07) is 10.6. The molecule has 1 atom stereocenters. The minimum absolute atomic E-state index is 0.707. The molecule has 2 rings (SSSR count). The largest absolute Gasteiger partial charge is 0.0837 e. The van der Waals surface area contributed by atoms with Crippen LogP contribution in [0.15, 0.2) is 54.1 Å². The summed E-state index contributed by atoms with van der Waals surface area (Å²) >= 11 is 0. The van der Waals surface area contributed by atoms with Crippen molar-refractivity contribution in [2.24, 2.45) is 5.92 Å². The number of benzene rings is 1. The van der Waals surface area contributed by atoms with Crippen LogP contribution in [-0.4, -0.2) is 0 Å². The van der Waals surface area contributed by atoms with Crippen LogP contribution in [0.4, 0.5) is 0 Å². The van der Waals surface area contributed by atoms with Crippen LogP contribution in [0.25, 0.3) is 0 Å². The molecule has 1 aliphatic rings. The quantitative estimate of drug-likeness (QED) is 0.656. The number of allylic oxidation sites excluding steroid dienone is 4. The van der Waals surface area contributed by atoms with E-state index < -0.39 is 0 Å². The predicted octanol–water partition coefficient (Wildman–Crippen LogP) is 3.75. The number of hydrogen-bond acceptors (Lipinski definition) is 0. The van der Waals surface area contributed by atoms with Gasteiger partial charge in [0.15, 0.2) is 0 Å². The van der Waals surface area contributed by atoms with Gasteiger partial charge in [0.05, 0.1) is 0 Å². The van der Waals surface area contributed by atoms with Gasteiger partial charge in [0.2, 0.25) is 0 Å². The van der Waals surface area contributed by atoms with E-state index in [4.69, 9.17) is 0 Å². The maximum atomic E-state index is 2.38. The molecule has 0 aliphatic heterocycles. The Labute approximate surface area is 86.0 Å². The van der Waals surface area contributed by atoms with E-state index in [1.165, 1.54) is 17.6 Å². The average molecular weight is 184 g/mol. The summed E-state index contributed by atoms with van der Waals surface area (Å²) < 4.78 is 0. The molecule has 14 heavy (non-hydrogen) atoms. The standard InChI is InChI=1S/C14H16/c1-12-6-5-9-14(10-12)11-13-7-3-2-4-8-13/h2-5,7-10,12H,6,11H2,1H3. The Morgan fingerprint density at radius 3 is 2.71 bits per heavy atom. The van der Waals surface area contributed by atoms with Gasteiger partial charge >= 0.3 is 0 Å². The van der Waals surface area contributed by atoms with Crippen molar-refractivity contribution in [1.82, 2.24) is 0 Å². The van der Waals surface area contributed by atoms with Crippen LogP contribution in [0.3, 0.4) is 0 Å². The van der Waals surface area contributed by atoms with Gasteiger partial charge in [-0.25, -0.2) is 0 Å². The fourth-order valence-electron chi connectivity index (χ4n) is 1.87. The Morgan fingerprint density at radius 1 is 1.21 bits per heavy atom. The van der Waals surface area contributed by atoms with Crippen LogP contribution in [0.2, 0.25) is 0 Å². The molecule has 0 radical (unpaired) electrons. The smallest absolute Gasteiger partial charge is 0.00289 e. The van der Waals surface area contributed by atoms with Gasteiger partial charge in [-0.05, 0) is 29.9 Å². The lowest BCUT2D eigenvalue weighted by molar-refractivity contribution is 0.725. The van der Waals surface area contributed by atoms with E-state index in [1.54, 1.807) is 0 Å². The van der Waals surface area contributed by atoms with E-state index in [1.807, 2.05) is 0 Å². The molecule has 1 aromatic carbocycles. The van der Waals surface area contributed by atoms with Crippen LogP contribution < -0.4 is 0 Å². The molecule has 0 amide bonds. The zero-order valence-corrected chi connectivity index (χ0v) is 8.61. The van der Waals surface area contributed by atoms with Crippen LogP contribution in [-0.2, 0) is 6.42 Å². The molecule has 0 saturated heterocycles. The van der Waals surface area contributed by atoms with Gasteiger partial charge in [0, 0.05) is 0 Å². The summed E-state index contributed by atoms with van der Waals surface area (Å²) in [6.45, 7) is 2.27. The Balaban J connectivity index is 2.08. The summed E-state index contributed by atoms with van der Waals surface area (Å²) in [7, 11) is 0. The van der Waals surface area contributed by atoms with Gasteiger partial charge in [-0.15, -0.1) is 0 Å². The minimum atomic E-state index is 0.707. The fourth-order valence-corrected chi connectivity index (χ4v) is 1.87. The Morgan fingerprint density at radius 2 is 2.00 bits per heavy atom. The second kappa shape index (κ2) is 4.28. The zero-order chi connectivity index (χ0) is 9.80. The van der Waals surface area contributed by atoms with Crippen molar-refractivity contribution in [3.05, 3.63) is 59.7 Å². The molecule has 0 aromatic heterocycles. The lowest BCUT2D eigenvalue weighted by atomic mass is 9.94. The molecule has 0 nitrogen and oxygen atoms in total. The first-order valence-corrected chi connectivity index (χ1v) is 5.26. The minimum Gasteiger partial charge on any atom is -0.0837 e. The third kappa shape index (κ3) is 2.35. The molecular formula is C14H16. The molecule has 0 fully saturated rings. The van der Waals surface area contributed by atoms with Crippen LogP contribution in [0.1, 0.15) is 18.9 Å². The highest BCUT2D eigenvalue weighted by Gasteiger charge is 2.04. The van der Waals surface area contributed by atoms with Crippen LogP contribution in [0, 0.1) is 5.92 Å². The third-order valence-corrected chi connectivity index (χ3v) is 2.59. The zero-order valence-electron chi connectivity index (χ0n) is 8.61. The first-order chi connectivity index (χ1) is 6.84. The summed E-state index contributed by atoms with van der Waals surface area (Å²) in [4.78, 5) is 0. The molecule has 0 saturated carbocycles. The molecule has 0 bridgehead atoms. The summed E-state index contributed by atoms with van der Waals surface area (Å²) in [5.74, 6) is 0.707. The molecule has 1 aliphatic carbocycles. The van der Waals surface area contributed by atoms with Crippen molar-refractivity contribution in [2.45, 2.75) is 19.8 Å². The first kappa shape index (κ1) is 9.26. The van der Waals surface area contributed by atoms with E-state index in [0.717, 1.165) is 6.42 Å². The lowest BCUT2D eigenvalue weighted by Gasteiger charge is -2.12. The first-order valence-electron chi connectivity index (χ1n) is 5.26. The maximum absolute atomic E-state index is 2.38. The Hall–Kier alpha value is -1.30. The molecule has 0 heteroatoms. The summed E-state index contributed by atoms with van der Waals surface area (Å²) in [5.41, 5.74) is 2.85. The average Bonchev–Trinajstić information content (AvgIpc) is 2.19. The highest BCUT2D eigenvalue weighted by Crippen LogP contribution is 2.19. The van der Waals surface area contributed by atoms with Gasteiger partial charge in [0.25, 0.3) is 0 Å². The van der Waals surface area contributed by atoms with Gasteiger partial charge < -0.3 is 0 Å². The Kier molecular flexibility index (Phi) is 2.83. The van der Waals surface area contributed by atoms with Gasteiger partial charge in [-0.1, -0.05) is 55.5 Å². The van der Waals surface area contributed by atoms with Crippen molar-refractivity contribution >= 4 is 0 Å². The molecule has 0 N–H and O–H groups in total. The molecule has 1 unspecified atom stereocenters. The molecule has 72 valence electrons. The van der Waals surface area contributed by atoms with Crippen molar-refractivity contribution in [3.8, 4) is 0 Å². The van der Waals surface area contributed by atoms with E-state index >= 15 is 0 Å². The molecule has 0 heterocycles. The maximum Gasteiger partial charge on any atom is -0.00289 e. The van der Waals surface area contributed by atoms with E-state index in [-0.39, 0.29) is 0 Å². The van der Waals surface area contributed by atoms with Crippen molar-refractivity contribution in [3.63, 3.8) is 0 Å². The second-order valence-corrected chi connectivity index (χ2v) is 4.02. The summed E-state index contributed by atoms with van der Waals surface area (Å²) in [5, 5.41) is 0. The van der Waals surface area contributed by atoms with Crippen molar-refractivity contribution in [2.75, 3.05) is 0 Å². The van der Waals surface area contributed by atoms with Gasteiger partial charge in [-0.3, -0.25) is 0 Å². The lowest BCUT2D eigenvalue weighted by Crippen LogP contribution is -1.97. The van der Waals surface area contributed by atoms with Crippen molar-refractivity contribution in [1.29, 1.82) is 0 Å². The topological polar surface area (TPSA) is 0 Å². The Bertz CT molecular complexity index is 344. The number of hydrogen-bond donors (Lipinski definition) is 0. The van der Waals surface area contributed by atoms with Gasteiger partial charge in [-0.2, -0.15) is 0 Å². The highest BCUT2D eigenvalue weighted by molar-refractivity contribution is 5.30. The fraction of sp³-hybridized carbons (Fsp3) is 0.286. The number of rotatable bonds is 2. The predicted molar refractivity (Wildman–Crippen MR) is 61.2 cm³/mol. The molecular weight excluding hydrogens is 168 g/mol. The van der Waals surface area contributed by atoms with E-state index in [2.05, 4.69) is 55.5 Å². The summed E-state index contributed by atoms with van der Waals surface area (Å²) in [6.07, 6.45) is 9.18. The van der Waals surface area contributed by atoms with Crippen LogP contribution in [0.5, 0.6) is 0 Å². The SMILES string of the molecule is CC1C=C(Cc2ccccc2)C=CC1. The van der Waals surface area contributed by atoms with Gasteiger partial charge in [0.1, 0.15) is 0 Å². The third-order valence-electron chi connectivity index (χ3n) is 2.59.